The summed E-state index contributed by atoms with van der Waals surface area (Å²) in [7, 11) is 0. The van der Waals surface area contributed by atoms with Crippen molar-refractivity contribution in [2.24, 2.45) is 0 Å². The Balaban J connectivity index is 2.05. The highest BCUT2D eigenvalue weighted by atomic mass is 16.5. The van der Waals surface area contributed by atoms with Crippen LogP contribution < -0.4 is 4.90 Å². The molecule has 1 atom stereocenters. The lowest BCUT2D eigenvalue weighted by molar-refractivity contribution is 0.0722. The van der Waals surface area contributed by atoms with Gasteiger partial charge in [0.2, 0.25) is 0 Å². The molecule has 1 saturated heterocycles. The molecular weight excluding hydrogens is 240 g/mol. The summed E-state index contributed by atoms with van der Waals surface area (Å²) in [4.78, 5) is 6.91. The van der Waals surface area contributed by atoms with Gasteiger partial charge in [-0.15, -0.1) is 0 Å². The monoisotopic (exact) mass is 258 g/mol. The summed E-state index contributed by atoms with van der Waals surface area (Å²) in [5.41, 5.74) is 2.13. The van der Waals surface area contributed by atoms with Crippen LogP contribution in [-0.4, -0.2) is 42.5 Å². The minimum atomic E-state index is 0.00103. The van der Waals surface area contributed by atoms with E-state index in [-0.39, 0.29) is 12.6 Å². The molecule has 1 fully saturated rings. The van der Waals surface area contributed by atoms with Gasteiger partial charge in [-0.25, -0.2) is 4.98 Å². The summed E-state index contributed by atoms with van der Waals surface area (Å²) in [5.74, 6) is 0.959. The zero-order valence-corrected chi connectivity index (χ0v) is 11.0. The van der Waals surface area contributed by atoms with Gasteiger partial charge in [0.25, 0.3) is 0 Å². The molecule has 2 aromatic rings. The second-order valence-corrected chi connectivity index (χ2v) is 4.93. The van der Waals surface area contributed by atoms with Crippen molar-refractivity contribution in [2.45, 2.75) is 13.0 Å². The average molecular weight is 258 g/mol. The van der Waals surface area contributed by atoms with Gasteiger partial charge in [-0.2, -0.15) is 0 Å². The van der Waals surface area contributed by atoms with Gasteiger partial charge in [0.1, 0.15) is 5.82 Å². The molecule has 0 amide bonds. The van der Waals surface area contributed by atoms with Crippen molar-refractivity contribution in [1.82, 2.24) is 4.98 Å². The molecule has 1 aliphatic heterocycles. The van der Waals surface area contributed by atoms with Gasteiger partial charge in [0.15, 0.2) is 0 Å². The fourth-order valence-corrected chi connectivity index (χ4v) is 2.59. The number of benzene rings is 1. The van der Waals surface area contributed by atoms with Crippen LogP contribution in [0.3, 0.4) is 0 Å². The minimum Gasteiger partial charge on any atom is -0.394 e. The van der Waals surface area contributed by atoms with Gasteiger partial charge < -0.3 is 14.7 Å². The van der Waals surface area contributed by atoms with Crippen LogP contribution >= 0.6 is 0 Å². The topological polar surface area (TPSA) is 45.6 Å². The molecule has 19 heavy (non-hydrogen) atoms. The molecule has 0 bridgehead atoms. The number of aliphatic hydroxyl groups excluding tert-OH is 1. The van der Waals surface area contributed by atoms with Crippen molar-refractivity contribution in [3.8, 4) is 0 Å². The first-order valence-corrected chi connectivity index (χ1v) is 6.61. The van der Waals surface area contributed by atoms with Gasteiger partial charge in [-0.05, 0) is 24.6 Å². The fourth-order valence-electron chi connectivity index (χ4n) is 2.59. The number of rotatable bonds is 2. The lowest BCUT2D eigenvalue weighted by Crippen LogP contribution is -2.48. The van der Waals surface area contributed by atoms with E-state index < -0.39 is 0 Å². The van der Waals surface area contributed by atoms with Gasteiger partial charge in [0.05, 0.1) is 31.4 Å². The first-order chi connectivity index (χ1) is 9.29. The SMILES string of the molecule is Cc1cc2ccccc2nc1N1CCOCC1CO. The van der Waals surface area contributed by atoms with Crippen molar-refractivity contribution in [1.29, 1.82) is 0 Å². The Bertz CT molecular complexity index is 585. The molecule has 4 heteroatoms. The smallest absolute Gasteiger partial charge is 0.132 e. The fraction of sp³-hybridized carbons (Fsp3) is 0.400. The van der Waals surface area contributed by atoms with Crippen LogP contribution in [0.1, 0.15) is 5.56 Å². The zero-order chi connectivity index (χ0) is 13.2. The summed E-state index contributed by atoms with van der Waals surface area (Å²) in [6.45, 7) is 4.18. The molecule has 1 aromatic heterocycles. The molecule has 2 heterocycles. The summed E-state index contributed by atoms with van der Waals surface area (Å²) in [5, 5.41) is 10.6. The highest BCUT2D eigenvalue weighted by Crippen LogP contribution is 2.25. The van der Waals surface area contributed by atoms with E-state index in [1.807, 2.05) is 18.2 Å². The Morgan fingerprint density at radius 1 is 1.42 bits per heavy atom. The molecule has 0 radical (unpaired) electrons. The van der Waals surface area contributed by atoms with Crippen LogP contribution in [0.4, 0.5) is 5.82 Å². The van der Waals surface area contributed by atoms with Crippen molar-refractivity contribution in [2.75, 3.05) is 31.3 Å². The molecule has 1 aliphatic rings. The lowest BCUT2D eigenvalue weighted by atomic mass is 10.1. The number of hydrogen-bond acceptors (Lipinski definition) is 4. The quantitative estimate of drug-likeness (QED) is 0.891. The van der Waals surface area contributed by atoms with Crippen LogP contribution in [0.25, 0.3) is 10.9 Å². The number of morpholine rings is 1. The number of anilines is 1. The van der Waals surface area contributed by atoms with E-state index in [0.717, 1.165) is 28.8 Å². The second-order valence-electron chi connectivity index (χ2n) is 4.93. The van der Waals surface area contributed by atoms with E-state index in [1.165, 1.54) is 0 Å². The number of nitrogens with zero attached hydrogens (tertiary/aromatic N) is 2. The Morgan fingerprint density at radius 3 is 3.11 bits per heavy atom. The molecule has 3 rings (SSSR count). The Hall–Kier alpha value is -1.65. The van der Waals surface area contributed by atoms with E-state index in [9.17, 15) is 5.11 Å². The van der Waals surface area contributed by atoms with Crippen molar-refractivity contribution >= 4 is 16.7 Å². The highest BCUT2D eigenvalue weighted by Gasteiger charge is 2.24. The van der Waals surface area contributed by atoms with E-state index >= 15 is 0 Å². The Labute approximate surface area is 112 Å². The average Bonchev–Trinajstić information content (AvgIpc) is 2.46. The summed E-state index contributed by atoms with van der Waals surface area (Å²) < 4.78 is 5.42. The first-order valence-electron chi connectivity index (χ1n) is 6.61. The third-order valence-corrected chi connectivity index (χ3v) is 3.60. The first kappa shape index (κ1) is 12.4. The Morgan fingerprint density at radius 2 is 2.26 bits per heavy atom. The van der Waals surface area contributed by atoms with E-state index in [0.29, 0.717) is 13.2 Å². The highest BCUT2D eigenvalue weighted by molar-refractivity contribution is 5.81. The second kappa shape index (κ2) is 5.15. The molecule has 1 unspecified atom stereocenters. The third kappa shape index (κ3) is 2.29. The van der Waals surface area contributed by atoms with Crippen LogP contribution in [0.2, 0.25) is 0 Å². The summed E-state index contributed by atoms with van der Waals surface area (Å²) >= 11 is 0. The largest absolute Gasteiger partial charge is 0.394 e. The standard InChI is InChI=1S/C15H18N2O2/c1-11-8-12-4-2-3-5-14(12)16-15(11)17-6-7-19-10-13(17)9-18/h2-5,8,13,18H,6-7,9-10H2,1H3. The van der Waals surface area contributed by atoms with Crippen molar-refractivity contribution < 1.29 is 9.84 Å². The van der Waals surface area contributed by atoms with E-state index in [4.69, 9.17) is 9.72 Å². The van der Waals surface area contributed by atoms with E-state index in [2.05, 4.69) is 24.0 Å². The van der Waals surface area contributed by atoms with Crippen LogP contribution in [-0.2, 0) is 4.74 Å². The molecule has 0 saturated carbocycles. The number of aromatic nitrogens is 1. The van der Waals surface area contributed by atoms with Gasteiger partial charge in [0, 0.05) is 11.9 Å². The number of ether oxygens (including phenoxy) is 1. The maximum absolute atomic E-state index is 9.48. The molecule has 4 nitrogen and oxygen atoms in total. The van der Waals surface area contributed by atoms with Crippen LogP contribution in [0.15, 0.2) is 30.3 Å². The molecule has 100 valence electrons. The number of aryl methyl sites for hydroxylation is 1. The molecule has 0 aliphatic carbocycles. The van der Waals surface area contributed by atoms with Crippen molar-refractivity contribution in [3.63, 3.8) is 0 Å². The number of pyridine rings is 1. The zero-order valence-electron chi connectivity index (χ0n) is 11.0. The van der Waals surface area contributed by atoms with Gasteiger partial charge in [-0.1, -0.05) is 18.2 Å². The number of hydrogen-bond donors (Lipinski definition) is 1. The number of aliphatic hydroxyl groups is 1. The van der Waals surface area contributed by atoms with Crippen LogP contribution in [0.5, 0.6) is 0 Å². The number of fused-ring (bicyclic) bond motifs is 1. The van der Waals surface area contributed by atoms with Crippen LogP contribution in [0, 0.1) is 6.92 Å². The molecule has 1 aromatic carbocycles. The van der Waals surface area contributed by atoms with Gasteiger partial charge >= 0.3 is 0 Å². The molecule has 1 N–H and O–H groups in total. The predicted molar refractivity (Wildman–Crippen MR) is 75.5 cm³/mol. The van der Waals surface area contributed by atoms with Gasteiger partial charge in [-0.3, -0.25) is 0 Å². The molecule has 0 spiro atoms. The summed E-state index contributed by atoms with van der Waals surface area (Å²) in [6.07, 6.45) is 0. The normalized spacial score (nSPS) is 19.9. The molecular formula is C15H18N2O2. The summed E-state index contributed by atoms with van der Waals surface area (Å²) in [6, 6.07) is 10.3. The maximum atomic E-state index is 9.48. The van der Waals surface area contributed by atoms with E-state index in [1.54, 1.807) is 0 Å². The Kier molecular flexibility index (Phi) is 3.36. The third-order valence-electron chi connectivity index (χ3n) is 3.60. The lowest BCUT2D eigenvalue weighted by Gasteiger charge is -2.36. The minimum absolute atomic E-state index is 0.00103. The maximum Gasteiger partial charge on any atom is 0.132 e. The number of para-hydroxylation sites is 1. The predicted octanol–water partition coefficient (Wildman–Crippen LogP) is 1.74. The van der Waals surface area contributed by atoms with Crippen molar-refractivity contribution in [3.05, 3.63) is 35.9 Å².